The van der Waals surface area contributed by atoms with Crippen molar-refractivity contribution in [2.24, 2.45) is 5.73 Å². The predicted molar refractivity (Wildman–Crippen MR) is 72.6 cm³/mol. The summed E-state index contributed by atoms with van der Waals surface area (Å²) < 4.78 is 10.1. The minimum atomic E-state index is -1.12. The summed E-state index contributed by atoms with van der Waals surface area (Å²) in [7, 11) is 1.27. The molecule has 0 fully saturated rings. The highest BCUT2D eigenvalue weighted by molar-refractivity contribution is 5.79. The van der Waals surface area contributed by atoms with Crippen LogP contribution in [-0.2, 0) is 9.53 Å². The lowest BCUT2D eigenvalue weighted by Gasteiger charge is -2.21. The van der Waals surface area contributed by atoms with E-state index in [1.165, 1.54) is 25.3 Å². The van der Waals surface area contributed by atoms with E-state index >= 15 is 0 Å². The zero-order valence-corrected chi connectivity index (χ0v) is 11.7. The Morgan fingerprint density at radius 2 is 2.15 bits per heavy atom. The fourth-order valence-corrected chi connectivity index (χ4v) is 1.62. The Kier molecular flexibility index (Phi) is 5.04. The number of nitrogens with zero attached hydrogens (tertiary/aromatic N) is 1. The van der Waals surface area contributed by atoms with Gasteiger partial charge in [0, 0.05) is 18.6 Å². The number of aryl methyl sites for hydroxylation is 1. The Labute approximate surface area is 116 Å². The van der Waals surface area contributed by atoms with Gasteiger partial charge in [-0.05, 0) is 25.5 Å². The van der Waals surface area contributed by atoms with Gasteiger partial charge in [0.25, 0.3) is 5.69 Å². The molecule has 7 nitrogen and oxygen atoms in total. The number of carbonyl (C=O) groups excluding carboxylic acids is 1. The number of nitro groups is 1. The van der Waals surface area contributed by atoms with E-state index in [0.717, 1.165) is 0 Å². The maximum atomic E-state index is 11.4. The van der Waals surface area contributed by atoms with Crippen LogP contribution in [0.25, 0.3) is 0 Å². The second-order valence-electron chi connectivity index (χ2n) is 4.71. The Bertz CT molecular complexity index is 513. The van der Waals surface area contributed by atoms with E-state index in [1.54, 1.807) is 13.8 Å². The normalized spacial score (nSPS) is 13.4. The number of ether oxygens (including phenoxy) is 2. The summed E-state index contributed by atoms with van der Waals surface area (Å²) in [5.74, 6) is 0.0118. The predicted octanol–water partition coefficient (Wildman–Crippen LogP) is 1.56. The van der Waals surface area contributed by atoms with Crippen LogP contribution in [0, 0.1) is 17.0 Å². The molecule has 2 N–H and O–H groups in total. The Morgan fingerprint density at radius 1 is 1.50 bits per heavy atom. The summed E-state index contributed by atoms with van der Waals surface area (Å²) in [6.45, 7) is 3.48. The minimum Gasteiger partial charge on any atom is -0.493 e. The number of nitro benzene ring substituents is 1. The molecule has 0 aliphatic rings. The summed E-state index contributed by atoms with van der Waals surface area (Å²) in [4.78, 5) is 21.5. The number of nitrogens with two attached hydrogens (primary N) is 1. The molecule has 0 aromatic heterocycles. The van der Waals surface area contributed by atoms with Crippen LogP contribution in [0.2, 0.25) is 0 Å². The lowest BCUT2D eigenvalue weighted by Crippen LogP contribution is -2.46. The number of hydrogen-bond donors (Lipinski definition) is 1. The van der Waals surface area contributed by atoms with E-state index in [4.69, 9.17) is 10.5 Å². The van der Waals surface area contributed by atoms with E-state index in [2.05, 4.69) is 4.74 Å². The van der Waals surface area contributed by atoms with Crippen molar-refractivity contribution in [3.05, 3.63) is 33.9 Å². The van der Waals surface area contributed by atoms with Gasteiger partial charge < -0.3 is 15.2 Å². The maximum Gasteiger partial charge on any atom is 0.325 e. The summed E-state index contributed by atoms with van der Waals surface area (Å²) in [5.41, 5.74) is 5.33. The van der Waals surface area contributed by atoms with Gasteiger partial charge in [0.1, 0.15) is 11.3 Å². The van der Waals surface area contributed by atoms with Crippen LogP contribution < -0.4 is 10.5 Å². The van der Waals surface area contributed by atoms with Crippen molar-refractivity contribution < 1.29 is 19.2 Å². The molecule has 0 spiro atoms. The first kappa shape index (κ1) is 15.9. The second-order valence-corrected chi connectivity index (χ2v) is 4.71. The van der Waals surface area contributed by atoms with Gasteiger partial charge in [-0.2, -0.15) is 0 Å². The third-order valence-corrected chi connectivity index (χ3v) is 2.90. The molecule has 1 aromatic rings. The molecule has 1 atom stereocenters. The van der Waals surface area contributed by atoms with Gasteiger partial charge in [-0.1, -0.05) is 0 Å². The molecule has 0 bridgehead atoms. The molecule has 0 heterocycles. The Balaban J connectivity index is 2.63. The first-order valence-electron chi connectivity index (χ1n) is 6.03. The molecule has 0 saturated carbocycles. The third-order valence-electron chi connectivity index (χ3n) is 2.90. The highest BCUT2D eigenvalue weighted by Crippen LogP contribution is 2.23. The molecular formula is C13H18N2O5. The minimum absolute atomic E-state index is 0.00748. The van der Waals surface area contributed by atoms with Crippen LogP contribution in [0.1, 0.15) is 18.9 Å². The molecule has 0 aliphatic carbocycles. The summed E-state index contributed by atoms with van der Waals surface area (Å²) in [6.07, 6.45) is 0.274. The molecule has 0 aliphatic heterocycles. The van der Waals surface area contributed by atoms with E-state index in [1.807, 2.05) is 0 Å². The number of rotatable bonds is 6. The first-order valence-corrected chi connectivity index (χ1v) is 6.03. The lowest BCUT2D eigenvalue weighted by molar-refractivity contribution is -0.384. The van der Waals surface area contributed by atoms with Crippen molar-refractivity contribution in [1.29, 1.82) is 0 Å². The van der Waals surface area contributed by atoms with Crippen LogP contribution in [-0.4, -0.2) is 30.1 Å². The van der Waals surface area contributed by atoms with Gasteiger partial charge in [0.15, 0.2) is 0 Å². The van der Waals surface area contributed by atoms with Crippen LogP contribution in [0.3, 0.4) is 0 Å². The largest absolute Gasteiger partial charge is 0.493 e. The van der Waals surface area contributed by atoms with Gasteiger partial charge in [-0.15, -0.1) is 0 Å². The van der Waals surface area contributed by atoms with Crippen molar-refractivity contribution >= 4 is 11.7 Å². The summed E-state index contributed by atoms with van der Waals surface area (Å²) in [5, 5.41) is 10.6. The number of non-ortho nitro benzene ring substituents is 1. The Morgan fingerprint density at radius 3 is 2.65 bits per heavy atom. The number of hydrogen-bond acceptors (Lipinski definition) is 6. The lowest BCUT2D eigenvalue weighted by atomic mass is 10.0. The fourth-order valence-electron chi connectivity index (χ4n) is 1.62. The van der Waals surface area contributed by atoms with Gasteiger partial charge in [0.2, 0.25) is 0 Å². The van der Waals surface area contributed by atoms with Crippen molar-refractivity contribution in [3.8, 4) is 5.75 Å². The van der Waals surface area contributed by atoms with Crippen LogP contribution in [0.15, 0.2) is 18.2 Å². The summed E-state index contributed by atoms with van der Waals surface area (Å²) in [6, 6.07) is 4.32. The van der Waals surface area contributed by atoms with Crippen LogP contribution >= 0.6 is 0 Å². The highest BCUT2D eigenvalue weighted by atomic mass is 16.6. The molecule has 20 heavy (non-hydrogen) atoms. The van der Waals surface area contributed by atoms with E-state index in [-0.39, 0.29) is 18.7 Å². The number of esters is 1. The van der Waals surface area contributed by atoms with E-state index in [9.17, 15) is 14.9 Å². The molecular weight excluding hydrogens is 264 g/mol. The molecule has 110 valence electrons. The van der Waals surface area contributed by atoms with Gasteiger partial charge in [0.05, 0.1) is 18.6 Å². The fraction of sp³-hybridized carbons (Fsp3) is 0.462. The van der Waals surface area contributed by atoms with Crippen molar-refractivity contribution in [2.45, 2.75) is 25.8 Å². The molecule has 7 heteroatoms. The highest BCUT2D eigenvalue weighted by Gasteiger charge is 2.29. The van der Waals surface area contributed by atoms with Gasteiger partial charge in [-0.25, -0.2) is 0 Å². The van der Waals surface area contributed by atoms with Crippen molar-refractivity contribution in [2.75, 3.05) is 13.7 Å². The first-order chi connectivity index (χ1) is 9.27. The topological polar surface area (TPSA) is 105 Å². The van der Waals surface area contributed by atoms with Gasteiger partial charge in [-0.3, -0.25) is 14.9 Å². The van der Waals surface area contributed by atoms with E-state index < -0.39 is 16.4 Å². The molecule has 0 amide bonds. The van der Waals surface area contributed by atoms with Gasteiger partial charge >= 0.3 is 5.97 Å². The molecule has 1 aromatic carbocycles. The molecule has 0 saturated heterocycles. The zero-order chi connectivity index (χ0) is 15.3. The summed E-state index contributed by atoms with van der Waals surface area (Å²) >= 11 is 0. The smallest absolute Gasteiger partial charge is 0.325 e. The van der Waals surface area contributed by atoms with E-state index in [0.29, 0.717) is 11.3 Å². The SMILES string of the molecule is COC(=O)C(C)(N)CCOc1ccc([N+](=O)[O-])cc1C. The molecule has 1 rings (SSSR count). The molecule has 0 radical (unpaired) electrons. The van der Waals surface area contributed by atoms with Crippen molar-refractivity contribution in [3.63, 3.8) is 0 Å². The maximum absolute atomic E-state index is 11.4. The second kappa shape index (κ2) is 6.33. The van der Waals surface area contributed by atoms with Crippen molar-refractivity contribution in [1.82, 2.24) is 0 Å². The zero-order valence-electron chi connectivity index (χ0n) is 11.7. The number of benzene rings is 1. The Hall–Kier alpha value is -2.15. The third kappa shape index (κ3) is 3.92. The average Bonchev–Trinajstić information content (AvgIpc) is 2.39. The number of methoxy groups -OCH3 is 1. The standard InChI is InChI=1S/C13H18N2O5/c1-9-8-10(15(17)18)4-5-11(9)20-7-6-13(2,14)12(16)19-3/h4-5,8H,6-7,14H2,1-3H3. The van der Waals surface area contributed by atoms with Crippen LogP contribution in [0.5, 0.6) is 5.75 Å². The molecule has 1 unspecified atom stereocenters. The number of carbonyl (C=O) groups is 1. The van der Waals surface area contributed by atoms with Crippen LogP contribution in [0.4, 0.5) is 5.69 Å². The quantitative estimate of drug-likeness (QED) is 0.482. The monoisotopic (exact) mass is 282 g/mol. The average molecular weight is 282 g/mol.